The van der Waals surface area contributed by atoms with Gasteiger partial charge in [-0.15, -0.1) is 0 Å². The molecule has 8 heteroatoms. The first-order valence-corrected chi connectivity index (χ1v) is 11.9. The van der Waals surface area contributed by atoms with E-state index in [2.05, 4.69) is 10.4 Å². The average molecular weight is 486 g/mol. The fraction of sp³-hybridized carbons (Fsp3) is 0.250. The van der Waals surface area contributed by atoms with Crippen molar-refractivity contribution in [2.45, 2.75) is 25.3 Å². The number of fused-ring (bicyclic) bond motifs is 1. The van der Waals surface area contributed by atoms with Gasteiger partial charge in [-0.25, -0.2) is 5.01 Å². The lowest BCUT2D eigenvalue weighted by molar-refractivity contribution is -0.134. The second-order valence-corrected chi connectivity index (χ2v) is 8.55. The van der Waals surface area contributed by atoms with Crippen molar-refractivity contribution in [3.05, 3.63) is 83.9 Å². The minimum absolute atomic E-state index is 0.0363. The highest BCUT2D eigenvalue weighted by Crippen LogP contribution is 2.35. The van der Waals surface area contributed by atoms with Crippen molar-refractivity contribution < 1.29 is 23.8 Å². The number of amides is 2. The molecule has 1 unspecified atom stereocenters. The highest BCUT2D eigenvalue weighted by Gasteiger charge is 2.33. The van der Waals surface area contributed by atoms with Gasteiger partial charge in [0.25, 0.3) is 0 Å². The van der Waals surface area contributed by atoms with Crippen LogP contribution in [-0.4, -0.2) is 42.9 Å². The third kappa shape index (κ3) is 5.17. The number of hydrogen-bond donors (Lipinski definition) is 1. The van der Waals surface area contributed by atoms with Crippen molar-refractivity contribution in [2.75, 3.05) is 25.6 Å². The first kappa shape index (κ1) is 23.4. The zero-order valence-corrected chi connectivity index (χ0v) is 20.0. The van der Waals surface area contributed by atoms with E-state index >= 15 is 0 Å². The predicted octanol–water partition coefficient (Wildman–Crippen LogP) is 4.56. The molecule has 0 fully saturated rings. The highest BCUT2D eigenvalue weighted by molar-refractivity contribution is 6.03. The number of carbonyl (C=O) groups is 2. The Morgan fingerprint density at radius 3 is 2.47 bits per heavy atom. The van der Waals surface area contributed by atoms with E-state index in [4.69, 9.17) is 14.2 Å². The summed E-state index contributed by atoms with van der Waals surface area (Å²) in [4.78, 5) is 25.9. The Hall–Kier alpha value is -4.33. The molecule has 2 amide bonds. The Kier molecular flexibility index (Phi) is 6.84. The summed E-state index contributed by atoms with van der Waals surface area (Å²) in [5.74, 6) is 1.53. The van der Waals surface area contributed by atoms with E-state index in [0.29, 0.717) is 36.8 Å². The molecule has 5 rings (SSSR count). The number of hydrogen-bond acceptors (Lipinski definition) is 6. The summed E-state index contributed by atoms with van der Waals surface area (Å²) in [6.07, 6.45) is 0.662. The molecular weight excluding hydrogens is 458 g/mol. The zero-order chi connectivity index (χ0) is 24.9. The van der Waals surface area contributed by atoms with Crippen LogP contribution in [0.15, 0.2) is 77.9 Å². The number of ether oxygens (including phenoxy) is 3. The van der Waals surface area contributed by atoms with Crippen molar-refractivity contribution in [3.8, 4) is 17.2 Å². The first-order valence-electron chi connectivity index (χ1n) is 11.9. The maximum Gasteiger partial charge on any atom is 0.243 e. The summed E-state index contributed by atoms with van der Waals surface area (Å²) in [5.41, 5.74) is 3.37. The molecule has 0 radical (unpaired) electrons. The number of hydrazone groups is 1. The van der Waals surface area contributed by atoms with Gasteiger partial charge >= 0.3 is 0 Å². The molecule has 1 atom stereocenters. The minimum atomic E-state index is -0.257. The Morgan fingerprint density at radius 1 is 0.972 bits per heavy atom. The van der Waals surface area contributed by atoms with Gasteiger partial charge in [0.05, 0.1) is 18.9 Å². The fourth-order valence-corrected chi connectivity index (χ4v) is 4.31. The van der Waals surface area contributed by atoms with Crippen molar-refractivity contribution in [1.29, 1.82) is 0 Å². The molecule has 8 nitrogen and oxygen atoms in total. The van der Waals surface area contributed by atoms with Gasteiger partial charge in [0, 0.05) is 31.0 Å². The predicted molar refractivity (Wildman–Crippen MR) is 135 cm³/mol. The molecule has 0 bridgehead atoms. The van der Waals surface area contributed by atoms with Gasteiger partial charge in [-0.05, 0) is 35.4 Å². The van der Waals surface area contributed by atoms with Gasteiger partial charge in [0.1, 0.15) is 19.0 Å². The normalized spacial score (nSPS) is 16.3. The topological polar surface area (TPSA) is 89.5 Å². The van der Waals surface area contributed by atoms with Crippen LogP contribution in [0.3, 0.4) is 0 Å². The fourth-order valence-electron chi connectivity index (χ4n) is 4.31. The van der Waals surface area contributed by atoms with Gasteiger partial charge in [0.15, 0.2) is 11.5 Å². The summed E-state index contributed by atoms with van der Waals surface area (Å²) in [6, 6.07) is 22.5. The molecule has 2 heterocycles. The van der Waals surface area contributed by atoms with Crippen LogP contribution in [-0.2, 0) is 9.59 Å². The van der Waals surface area contributed by atoms with Crippen molar-refractivity contribution in [3.63, 3.8) is 0 Å². The standard InChI is InChI=1S/C28H27N3O5/c1-34-22-10-7-20(8-11-22)24-18-23(19-5-3-2-4-6-19)30-31(24)28(33)14-13-27(32)29-21-9-12-25-26(17-21)36-16-15-35-25/h2-12,17,24H,13-16,18H2,1H3,(H,29,32). The van der Waals surface area contributed by atoms with Gasteiger partial charge in [0.2, 0.25) is 11.8 Å². The third-order valence-corrected chi connectivity index (χ3v) is 6.17. The monoisotopic (exact) mass is 485 g/mol. The van der Waals surface area contributed by atoms with Crippen LogP contribution in [0.2, 0.25) is 0 Å². The molecule has 0 saturated carbocycles. The van der Waals surface area contributed by atoms with E-state index in [-0.39, 0.29) is 30.7 Å². The largest absolute Gasteiger partial charge is 0.497 e. The van der Waals surface area contributed by atoms with Crippen LogP contribution in [0, 0.1) is 0 Å². The molecule has 3 aromatic rings. The number of nitrogens with one attached hydrogen (secondary N) is 1. The van der Waals surface area contributed by atoms with Gasteiger partial charge in [-0.1, -0.05) is 42.5 Å². The molecule has 1 N–H and O–H groups in total. The van der Waals surface area contributed by atoms with Gasteiger partial charge in [-0.3, -0.25) is 9.59 Å². The van der Waals surface area contributed by atoms with Gasteiger partial charge < -0.3 is 19.5 Å². The average Bonchev–Trinajstić information content (AvgIpc) is 3.38. The van der Waals surface area contributed by atoms with E-state index in [1.807, 2.05) is 54.6 Å². The lowest BCUT2D eigenvalue weighted by Crippen LogP contribution is -2.28. The number of benzene rings is 3. The highest BCUT2D eigenvalue weighted by atomic mass is 16.6. The minimum Gasteiger partial charge on any atom is -0.497 e. The summed E-state index contributed by atoms with van der Waals surface area (Å²) in [7, 11) is 1.62. The number of nitrogens with zero attached hydrogens (tertiary/aromatic N) is 2. The Morgan fingerprint density at radius 2 is 1.72 bits per heavy atom. The van der Waals surface area contributed by atoms with E-state index < -0.39 is 0 Å². The quantitative estimate of drug-likeness (QED) is 0.530. The Balaban J connectivity index is 1.27. The lowest BCUT2D eigenvalue weighted by Gasteiger charge is -2.22. The van der Waals surface area contributed by atoms with Crippen LogP contribution in [0.5, 0.6) is 17.2 Å². The van der Waals surface area contributed by atoms with E-state index in [9.17, 15) is 9.59 Å². The molecule has 0 aliphatic carbocycles. The molecule has 36 heavy (non-hydrogen) atoms. The molecule has 184 valence electrons. The molecule has 2 aliphatic rings. The Bertz CT molecular complexity index is 1270. The van der Waals surface area contributed by atoms with Crippen LogP contribution in [0.25, 0.3) is 0 Å². The molecule has 0 saturated heterocycles. The number of carbonyl (C=O) groups excluding carboxylic acids is 2. The summed E-state index contributed by atoms with van der Waals surface area (Å²) in [5, 5.41) is 9.02. The van der Waals surface area contributed by atoms with E-state index in [0.717, 1.165) is 22.6 Å². The summed E-state index contributed by atoms with van der Waals surface area (Å²) in [6.45, 7) is 0.971. The summed E-state index contributed by atoms with van der Waals surface area (Å²) < 4.78 is 16.4. The van der Waals surface area contributed by atoms with Crippen LogP contribution < -0.4 is 19.5 Å². The van der Waals surface area contributed by atoms with E-state index in [1.54, 1.807) is 25.3 Å². The van der Waals surface area contributed by atoms with Crippen molar-refractivity contribution in [2.24, 2.45) is 5.10 Å². The maximum atomic E-state index is 13.3. The molecule has 2 aliphatic heterocycles. The summed E-state index contributed by atoms with van der Waals surface area (Å²) >= 11 is 0. The van der Waals surface area contributed by atoms with Crippen LogP contribution in [0.4, 0.5) is 5.69 Å². The zero-order valence-electron chi connectivity index (χ0n) is 20.0. The van der Waals surface area contributed by atoms with Crippen LogP contribution >= 0.6 is 0 Å². The van der Waals surface area contributed by atoms with Crippen LogP contribution in [0.1, 0.15) is 36.4 Å². The molecule has 3 aromatic carbocycles. The smallest absolute Gasteiger partial charge is 0.243 e. The lowest BCUT2D eigenvalue weighted by atomic mass is 9.98. The van der Waals surface area contributed by atoms with Gasteiger partial charge in [-0.2, -0.15) is 5.10 Å². The number of rotatable bonds is 7. The van der Waals surface area contributed by atoms with Crippen molar-refractivity contribution >= 4 is 23.2 Å². The number of methoxy groups -OCH3 is 1. The number of anilines is 1. The van der Waals surface area contributed by atoms with E-state index in [1.165, 1.54) is 5.01 Å². The second-order valence-electron chi connectivity index (χ2n) is 8.55. The third-order valence-electron chi connectivity index (χ3n) is 6.17. The molecular formula is C28H27N3O5. The second kappa shape index (κ2) is 10.5. The molecule has 0 aromatic heterocycles. The Labute approximate surface area is 209 Å². The SMILES string of the molecule is COc1ccc(C2CC(c3ccccc3)=NN2C(=O)CCC(=O)Nc2ccc3c(c2)OCCO3)cc1. The molecule has 0 spiro atoms. The maximum absolute atomic E-state index is 13.3. The first-order chi connectivity index (χ1) is 17.6. The van der Waals surface area contributed by atoms with Crippen molar-refractivity contribution in [1.82, 2.24) is 5.01 Å².